The molecule has 3 rings (SSSR count). The highest BCUT2D eigenvalue weighted by molar-refractivity contribution is 7.91. The number of aliphatic hydroxyl groups is 1. The van der Waals surface area contributed by atoms with Crippen LogP contribution in [0.3, 0.4) is 0 Å². The first-order chi connectivity index (χ1) is 15.2. The van der Waals surface area contributed by atoms with Crippen molar-refractivity contribution in [1.82, 2.24) is 0 Å². The molecule has 2 N–H and O–H groups in total. The SMILES string of the molecule is CCCCC1(CCCC)CS(=O)(=O)c2cc(O)ccc2[C@@H](c2ccc(OC)c(F)c2)C1O. The van der Waals surface area contributed by atoms with Crippen LogP contribution in [0.1, 0.15) is 69.4 Å². The molecule has 1 aliphatic heterocycles. The normalized spacial score (nSPS) is 21.5. The Kier molecular flexibility index (Phi) is 7.50. The molecule has 1 heterocycles. The average molecular weight is 465 g/mol. The molecule has 0 spiro atoms. The zero-order chi connectivity index (χ0) is 23.5. The molecule has 0 saturated carbocycles. The summed E-state index contributed by atoms with van der Waals surface area (Å²) in [6, 6.07) is 8.68. The van der Waals surface area contributed by atoms with Crippen LogP contribution in [0.5, 0.6) is 11.5 Å². The number of aliphatic hydroxyl groups excluding tert-OH is 1. The highest BCUT2D eigenvalue weighted by Gasteiger charge is 2.49. The summed E-state index contributed by atoms with van der Waals surface area (Å²) in [6.07, 6.45) is 3.38. The monoisotopic (exact) mass is 464 g/mol. The molecule has 0 amide bonds. The van der Waals surface area contributed by atoms with Crippen molar-refractivity contribution in [2.75, 3.05) is 12.9 Å². The molecule has 0 aliphatic carbocycles. The molecule has 32 heavy (non-hydrogen) atoms. The molecule has 0 radical (unpaired) electrons. The third-order valence-electron chi connectivity index (χ3n) is 6.68. The number of fused-ring (bicyclic) bond motifs is 1. The number of methoxy groups -OCH3 is 1. The van der Waals surface area contributed by atoms with E-state index in [-0.39, 0.29) is 22.1 Å². The summed E-state index contributed by atoms with van der Waals surface area (Å²) in [5.74, 6) is -1.60. The number of aromatic hydroxyl groups is 1. The van der Waals surface area contributed by atoms with Crippen molar-refractivity contribution in [2.45, 2.75) is 69.3 Å². The number of sulfone groups is 1. The molecular formula is C25H33FO5S. The summed E-state index contributed by atoms with van der Waals surface area (Å²) < 4.78 is 46.8. The maximum absolute atomic E-state index is 14.7. The molecule has 7 heteroatoms. The van der Waals surface area contributed by atoms with Crippen molar-refractivity contribution in [3.63, 3.8) is 0 Å². The molecule has 0 fully saturated rings. The smallest absolute Gasteiger partial charge is 0.179 e. The minimum atomic E-state index is -3.80. The summed E-state index contributed by atoms with van der Waals surface area (Å²) in [6.45, 7) is 4.07. The van der Waals surface area contributed by atoms with Gasteiger partial charge in [0.25, 0.3) is 0 Å². The van der Waals surface area contributed by atoms with E-state index in [4.69, 9.17) is 4.74 Å². The van der Waals surface area contributed by atoms with Gasteiger partial charge >= 0.3 is 0 Å². The fraction of sp³-hybridized carbons (Fsp3) is 0.520. The van der Waals surface area contributed by atoms with Crippen molar-refractivity contribution in [3.05, 3.63) is 53.3 Å². The first kappa shape index (κ1) is 24.5. The van der Waals surface area contributed by atoms with Crippen LogP contribution in [0.2, 0.25) is 0 Å². The molecule has 1 unspecified atom stereocenters. The van der Waals surface area contributed by atoms with Crippen LogP contribution in [0.4, 0.5) is 4.39 Å². The zero-order valence-electron chi connectivity index (χ0n) is 19.0. The second-order valence-electron chi connectivity index (χ2n) is 8.87. The van der Waals surface area contributed by atoms with E-state index < -0.39 is 33.1 Å². The second kappa shape index (κ2) is 9.79. The van der Waals surface area contributed by atoms with E-state index in [0.29, 0.717) is 24.0 Å². The van der Waals surface area contributed by atoms with Gasteiger partial charge in [-0.2, -0.15) is 0 Å². The second-order valence-corrected chi connectivity index (χ2v) is 10.8. The van der Waals surface area contributed by atoms with E-state index in [1.54, 1.807) is 6.07 Å². The van der Waals surface area contributed by atoms with Crippen LogP contribution < -0.4 is 4.74 Å². The molecule has 1 aliphatic rings. The lowest BCUT2D eigenvalue weighted by molar-refractivity contribution is 0.0126. The molecule has 176 valence electrons. The third-order valence-corrected chi connectivity index (χ3v) is 8.66. The molecule has 0 bridgehead atoms. The number of hydrogen-bond acceptors (Lipinski definition) is 5. The Morgan fingerprint density at radius 1 is 1.09 bits per heavy atom. The van der Waals surface area contributed by atoms with Crippen LogP contribution in [-0.4, -0.2) is 37.6 Å². The van der Waals surface area contributed by atoms with Crippen molar-refractivity contribution in [1.29, 1.82) is 0 Å². The number of unbranched alkanes of at least 4 members (excludes halogenated alkanes) is 2. The molecule has 2 aromatic rings. The van der Waals surface area contributed by atoms with Crippen molar-refractivity contribution in [3.8, 4) is 11.5 Å². The van der Waals surface area contributed by atoms with Crippen LogP contribution in [0.25, 0.3) is 0 Å². The molecular weight excluding hydrogens is 431 g/mol. The minimum absolute atomic E-state index is 0.00708. The van der Waals surface area contributed by atoms with Gasteiger partial charge in [0.15, 0.2) is 21.4 Å². The number of phenolic OH excluding ortho intramolecular Hbond substituents is 1. The van der Waals surface area contributed by atoms with Gasteiger partial charge in [0.2, 0.25) is 0 Å². The summed E-state index contributed by atoms with van der Waals surface area (Å²) in [5, 5.41) is 21.9. The summed E-state index contributed by atoms with van der Waals surface area (Å²) in [4.78, 5) is 0.00708. The third kappa shape index (κ3) is 4.64. The summed E-state index contributed by atoms with van der Waals surface area (Å²) >= 11 is 0. The van der Waals surface area contributed by atoms with E-state index in [1.165, 1.54) is 37.4 Å². The minimum Gasteiger partial charge on any atom is -0.508 e. The Labute approximate surface area is 190 Å². The number of hydrogen-bond donors (Lipinski definition) is 2. The fourth-order valence-electron chi connectivity index (χ4n) is 4.98. The Hall–Kier alpha value is -2.12. The zero-order valence-corrected chi connectivity index (χ0v) is 19.8. The van der Waals surface area contributed by atoms with Crippen molar-refractivity contribution < 1.29 is 27.8 Å². The quantitative estimate of drug-likeness (QED) is 0.562. The van der Waals surface area contributed by atoms with Crippen LogP contribution in [-0.2, 0) is 9.84 Å². The number of rotatable bonds is 8. The number of halogens is 1. The summed E-state index contributed by atoms with van der Waals surface area (Å²) in [7, 11) is -2.43. The number of phenols is 1. The first-order valence-corrected chi connectivity index (χ1v) is 12.9. The fourth-order valence-corrected chi connectivity index (χ4v) is 7.20. The summed E-state index contributed by atoms with van der Waals surface area (Å²) in [5.41, 5.74) is -0.00689. The van der Waals surface area contributed by atoms with E-state index in [0.717, 1.165) is 25.7 Å². The molecule has 5 nitrogen and oxygen atoms in total. The highest BCUT2D eigenvalue weighted by Crippen LogP contribution is 2.50. The lowest BCUT2D eigenvalue weighted by atomic mass is 9.68. The van der Waals surface area contributed by atoms with Gasteiger partial charge < -0.3 is 14.9 Å². The lowest BCUT2D eigenvalue weighted by Crippen LogP contribution is -2.43. The van der Waals surface area contributed by atoms with Gasteiger partial charge in [-0.3, -0.25) is 0 Å². The molecule has 2 aromatic carbocycles. The first-order valence-electron chi connectivity index (χ1n) is 11.3. The van der Waals surface area contributed by atoms with E-state index >= 15 is 0 Å². The van der Waals surface area contributed by atoms with Crippen molar-refractivity contribution in [2.24, 2.45) is 5.41 Å². The highest BCUT2D eigenvalue weighted by atomic mass is 32.2. The van der Waals surface area contributed by atoms with E-state index in [2.05, 4.69) is 0 Å². The topological polar surface area (TPSA) is 83.8 Å². The Morgan fingerprint density at radius 3 is 2.31 bits per heavy atom. The van der Waals surface area contributed by atoms with Gasteiger partial charge in [-0.15, -0.1) is 0 Å². The van der Waals surface area contributed by atoms with Crippen molar-refractivity contribution >= 4 is 9.84 Å². The van der Waals surface area contributed by atoms with Gasteiger partial charge in [-0.05, 0) is 48.2 Å². The predicted octanol–water partition coefficient (Wildman–Crippen LogP) is 5.19. The Bertz CT molecular complexity index is 1040. The van der Waals surface area contributed by atoms with Crippen LogP contribution >= 0.6 is 0 Å². The van der Waals surface area contributed by atoms with Crippen LogP contribution in [0, 0.1) is 11.2 Å². The number of ether oxygens (including phenoxy) is 1. The van der Waals surface area contributed by atoms with Gasteiger partial charge in [0, 0.05) is 11.3 Å². The van der Waals surface area contributed by atoms with Gasteiger partial charge in [-0.1, -0.05) is 51.7 Å². The largest absolute Gasteiger partial charge is 0.508 e. The van der Waals surface area contributed by atoms with Gasteiger partial charge in [0.05, 0.1) is 23.9 Å². The van der Waals surface area contributed by atoms with Crippen LogP contribution in [0.15, 0.2) is 41.3 Å². The predicted molar refractivity (Wildman–Crippen MR) is 122 cm³/mol. The standard InChI is InChI=1S/C25H33FO5S/c1-4-6-12-25(13-7-5-2)16-32(29,30)22-15-18(27)9-10-19(22)23(24(25)28)17-8-11-21(31-3)20(26)14-17/h8-11,14-15,23-24,27-28H,4-7,12-13,16H2,1-3H3/t23-,24?/m1/s1. The molecule has 0 aromatic heterocycles. The maximum Gasteiger partial charge on any atom is 0.179 e. The van der Waals surface area contributed by atoms with E-state index in [1.807, 2.05) is 13.8 Å². The van der Waals surface area contributed by atoms with E-state index in [9.17, 15) is 23.0 Å². The van der Waals surface area contributed by atoms with Gasteiger partial charge in [-0.25, -0.2) is 12.8 Å². The Balaban J connectivity index is 2.28. The van der Waals surface area contributed by atoms with Gasteiger partial charge in [0.1, 0.15) is 5.75 Å². The molecule has 0 saturated heterocycles. The number of benzene rings is 2. The maximum atomic E-state index is 14.7. The average Bonchev–Trinajstić information content (AvgIpc) is 2.82. The Morgan fingerprint density at radius 2 is 1.75 bits per heavy atom. The lowest BCUT2D eigenvalue weighted by Gasteiger charge is -2.40. The molecule has 2 atom stereocenters.